The molecule has 0 atom stereocenters. The maximum atomic E-state index is 12.5. The first-order valence-corrected chi connectivity index (χ1v) is 8.12. The van der Waals surface area contributed by atoms with Gasteiger partial charge in [0.1, 0.15) is 11.3 Å². The minimum absolute atomic E-state index is 0.109. The van der Waals surface area contributed by atoms with E-state index in [9.17, 15) is 9.90 Å². The number of nitrogens with one attached hydrogen (secondary N) is 1. The lowest BCUT2D eigenvalue weighted by Crippen LogP contribution is -2.17. The smallest absolute Gasteiger partial charge is 0.271 e. The third kappa shape index (κ3) is 2.86. The molecule has 0 aliphatic heterocycles. The van der Waals surface area contributed by atoms with Crippen LogP contribution in [-0.4, -0.2) is 22.2 Å². The van der Waals surface area contributed by atoms with Crippen LogP contribution >= 0.6 is 0 Å². The van der Waals surface area contributed by atoms with E-state index >= 15 is 0 Å². The van der Waals surface area contributed by atoms with Crippen molar-refractivity contribution in [3.8, 4) is 5.75 Å². The Morgan fingerprint density at radius 1 is 0.962 bits per heavy atom. The molecule has 0 radical (unpaired) electrons. The van der Waals surface area contributed by atoms with Crippen LogP contribution in [0.2, 0.25) is 0 Å². The summed E-state index contributed by atoms with van der Waals surface area (Å²) in [6.07, 6.45) is 3.16. The number of hydrazone groups is 1. The number of phenols is 1. The summed E-state index contributed by atoms with van der Waals surface area (Å²) in [6, 6.07) is 20.2. The summed E-state index contributed by atoms with van der Waals surface area (Å²) in [6.45, 7) is 0. The van der Waals surface area contributed by atoms with Crippen molar-refractivity contribution in [2.45, 2.75) is 0 Å². The first-order chi connectivity index (χ1) is 12.7. The summed E-state index contributed by atoms with van der Waals surface area (Å²) in [4.78, 5) is 16.7. The number of hydrogen-bond donors (Lipinski definition) is 2. The Hall–Kier alpha value is -3.73. The number of rotatable bonds is 3. The molecule has 126 valence electrons. The number of amides is 1. The third-order valence-corrected chi connectivity index (χ3v) is 4.19. The van der Waals surface area contributed by atoms with E-state index < -0.39 is 0 Å². The highest BCUT2D eigenvalue weighted by Gasteiger charge is 2.09. The van der Waals surface area contributed by atoms with Crippen LogP contribution < -0.4 is 5.43 Å². The number of carbonyl (C=O) groups is 1. The molecule has 0 fully saturated rings. The zero-order chi connectivity index (χ0) is 17.9. The zero-order valence-electron chi connectivity index (χ0n) is 13.8. The number of fused-ring (bicyclic) bond motifs is 2. The number of phenolic OH excluding ortho intramolecular Hbond substituents is 1. The van der Waals surface area contributed by atoms with E-state index in [1.54, 1.807) is 36.7 Å². The monoisotopic (exact) mass is 341 g/mol. The van der Waals surface area contributed by atoms with Crippen LogP contribution in [0.15, 0.2) is 78.0 Å². The minimum atomic E-state index is -0.278. The van der Waals surface area contributed by atoms with Gasteiger partial charge in [0, 0.05) is 22.7 Å². The van der Waals surface area contributed by atoms with E-state index in [-0.39, 0.29) is 11.7 Å². The molecule has 0 bridgehead atoms. The van der Waals surface area contributed by atoms with E-state index in [4.69, 9.17) is 0 Å². The molecule has 26 heavy (non-hydrogen) atoms. The summed E-state index contributed by atoms with van der Waals surface area (Å²) in [5.74, 6) is -0.170. The second kappa shape index (κ2) is 6.64. The van der Waals surface area contributed by atoms with Crippen LogP contribution in [0, 0.1) is 0 Å². The average molecular weight is 341 g/mol. The Morgan fingerprint density at radius 3 is 2.69 bits per heavy atom. The molecule has 1 heterocycles. The topological polar surface area (TPSA) is 74.6 Å². The molecule has 1 aromatic heterocycles. The molecule has 0 spiro atoms. The lowest BCUT2D eigenvalue weighted by molar-refractivity contribution is 0.0957. The summed E-state index contributed by atoms with van der Waals surface area (Å²) in [7, 11) is 0. The fourth-order valence-corrected chi connectivity index (χ4v) is 2.94. The van der Waals surface area contributed by atoms with Gasteiger partial charge in [0.15, 0.2) is 0 Å². The van der Waals surface area contributed by atoms with E-state index in [0.29, 0.717) is 11.1 Å². The van der Waals surface area contributed by atoms with Crippen molar-refractivity contribution < 1.29 is 9.90 Å². The number of nitrogens with zero attached hydrogens (tertiary/aromatic N) is 2. The highest BCUT2D eigenvalue weighted by molar-refractivity contribution is 6.07. The van der Waals surface area contributed by atoms with Gasteiger partial charge in [-0.25, -0.2) is 5.43 Å². The maximum absolute atomic E-state index is 12.5. The predicted molar refractivity (Wildman–Crippen MR) is 102 cm³/mol. The van der Waals surface area contributed by atoms with Crippen LogP contribution in [0.25, 0.3) is 21.7 Å². The Labute approximate surface area is 149 Å². The van der Waals surface area contributed by atoms with Crippen LogP contribution in [0.1, 0.15) is 15.9 Å². The minimum Gasteiger partial charge on any atom is -0.506 e. The molecule has 4 rings (SSSR count). The van der Waals surface area contributed by atoms with Crippen molar-refractivity contribution in [1.82, 2.24) is 10.4 Å². The fourth-order valence-electron chi connectivity index (χ4n) is 2.94. The molecule has 0 unspecified atom stereocenters. The van der Waals surface area contributed by atoms with Gasteiger partial charge in [-0.15, -0.1) is 0 Å². The third-order valence-electron chi connectivity index (χ3n) is 4.19. The quantitative estimate of drug-likeness (QED) is 0.439. The Balaban J connectivity index is 1.61. The van der Waals surface area contributed by atoms with Crippen LogP contribution in [-0.2, 0) is 0 Å². The second-order valence-corrected chi connectivity index (χ2v) is 5.80. The van der Waals surface area contributed by atoms with Crippen LogP contribution in [0.4, 0.5) is 0 Å². The van der Waals surface area contributed by atoms with Crippen LogP contribution in [0.5, 0.6) is 5.75 Å². The molecule has 0 aliphatic rings. The molecular weight excluding hydrogens is 326 g/mol. The van der Waals surface area contributed by atoms with Gasteiger partial charge in [0.05, 0.1) is 6.21 Å². The standard InChI is InChI=1S/C21H15N3O2/c25-19-11-10-15(17-9-4-12-22-20(17)19)13-23-24-21(26)18-8-3-6-14-5-1-2-7-16(14)18/h1-13,25H,(H,24,26). The summed E-state index contributed by atoms with van der Waals surface area (Å²) in [5, 5.41) is 16.6. The summed E-state index contributed by atoms with van der Waals surface area (Å²) < 4.78 is 0. The van der Waals surface area contributed by atoms with Crippen molar-refractivity contribution >= 4 is 33.8 Å². The van der Waals surface area contributed by atoms with Gasteiger partial charge in [0.25, 0.3) is 5.91 Å². The number of carbonyl (C=O) groups excluding carboxylic acids is 1. The van der Waals surface area contributed by atoms with E-state index in [1.807, 2.05) is 42.5 Å². The molecule has 1 amide bonds. The molecule has 5 nitrogen and oxygen atoms in total. The summed E-state index contributed by atoms with van der Waals surface area (Å²) >= 11 is 0. The summed E-state index contributed by atoms with van der Waals surface area (Å²) in [5.41, 5.74) is 4.38. The molecule has 3 aromatic carbocycles. The van der Waals surface area contributed by atoms with Crippen molar-refractivity contribution in [3.63, 3.8) is 0 Å². The molecule has 2 N–H and O–H groups in total. The zero-order valence-corrected chi connectivity index (χ0v) is 13.8. The van der Waals surface area contributed by atoms with E-state index in [0.717, 1.165) is 21.7 Å². The second-order valence-electron chi connectivity index (χ2n) is 5.80. The van der Waals surface area contributed by atoms with Crippen molar-refractivity contribution in [2.75, 3.05) is 0 Å². The van der Waals surface area contributed by atoms with Gasteiger partial charge in [-0.2, -0.15) is 5.10 Å². The molecule has 0 aliphatic carbocycles. The molecule has 5 heteroatoms. The highest BCUT2D eigenvalue weighted by Crippen LogP contribution is 2.24. The van der Waals surface area contributed by atoms with Gasteiger partial charge in [-0.05, 0) is 35.0 Å². The van der Waals surface area contributed by atoms with E-state index in [1.165, 1.54) is 0 Å². The number of aromatic hydroxyl groups is 1. The first-order valence-electron chi connectivity index (χ1n) is 8.12. The van der Waals surface area contributed by atoms with Crippen molar-refractivity contribution in [2.24, 2.45) is 5.10 Å². The number of hydrogen-bond acceptors (Lipinski definition) is 4. The van der Waals surface area contributed by atoms with Gasteiger partial charge in [-0.3, -0.25) is 9.78 Å². The highest BCUT2D eigenvalue weighted by atomic mass is 16.3. The van der Waals surface area contributed by atoms with Gasteiger partial charge in [0.2, 0.25) is 0 Å². The van der Waals surface area contributed by atoms with Gasteiger partial charge in [-0.1, -0.05) is 42.5 Å². The predicted octanol–water partition coefficient (Wildman–Crippen LogP) is 3.86. The van der Waals surface area contributed by atoms with Crippen molar-refractivity contribution in [1.29, 1.82) is 0 Å². The van der Waals surface area contributed by atoms with E-state index in [2.05, 4.69) is 15.5 Å². The fraction of sp³-hybridized carbons (Fsp3) is 0. The van der Waals surface area contributed by atoms with Crippen molar-refractivity contribution in [3.05, 3.63) is 84.1 Å². The SMILES string of the molecule is O=C(NN=Cc1ccc(O)c2ncccc12)c1cccc2ccccc12. The Morgan fingerprint density at radius 2 is 1.77 bits per heavy atom. The molecule has 4 aromatic rings. The molecular formula is C21H15N3O2. The normalized spacial score (nSPS) is 11.2. The Kier molecular flexibility index (Phi) is 4.03. The number of pyridine rings is 1. The lowest BCUT2D eigenvalue weighted by Gasteiger charge is -2.05. The molecule has 0 saturated carbocycles. The maximum Gasteiger partial charge on any atom is 0.271 e. The number of aromatic nitrogens is 1. The lowest BCUT2D eigenvalue weighted by atomic mass is 10.0. The Bertz CT molecular complexity index is 1150. The number of benzene rings is 3. The van der Waals surface area contributed by atoms with Gasteiger partial charge < -0.3 is 5.11 Å². The molecule has 0 saturated heterocycles. The van der Waals surface area contributed by atoms with Gasteiger partial charge >= 0.3 is 0 Å². The van der Waals surface area contributed by atoms with Crippen LogP contribution in [0.3, 0.4) is 0 Å². The largest absolute Gasteiger partial charge is 0.506 e. The average Bonchev–Trinajstić information content (AvgIpc) is 2.69. The first kappa shape index (κ1) is 15.8.